The van der Waals surface area contributed by atoms with Crippen LogP contribution in [0, 0.1) is 5.82 Å². The Morgan fingerprint density at radius 3 is 2.60 bits per heavy atom. The third-order valence-corrected chi connectivity index (χ3v) is 3.09. The van der Waals surface area contributed by atoms with Crippen LogP contribution in [0.2, 0.25) is 5.02 Å². The number of para-hydroxylation sites is 1. The van der Waals surface area contributed by atoms with E-state index in [-0.39, 0.29) is 5.82 Å². The number of nitrogens with zero attached hydrogens (tertiary/aromatic N) is 1. The number of hydrogen-bond acceptors (Lipinski definition) is 3. The van der Waals surface area contributed by atoms with Gasteiger partial charge in [0.1, 0.15) is 5.82 Å². The highest BCUT2D eigenvalue weighted by molar-refractivity contribution is 6.31. The topological polar surface area (TPSA) is 36.4 Å². The molecule has 0 radical (unpaired) electrons. The van der Waals surface area contributed by atoms with Gasteiger partial charge in [-0.3, -0.25) is 5.43 Å². The summed E-state index contributed by atoms with van der Waals surface area (Å²) < 4.78 is 13.5. The van der Waals surface area contributed by atoms with Gasteiger partial charge < -0.3 is 5.32 Å². The van der Waals surface area contributed by atoms with E-state index in [4.69, 9.17) is 11.6 Å². The normalized spacial score (nSPS) is 11.3. The number of rotatable bonds is 4. The third kappa shape index (κ3) is 3.27. The molecule has 0 bridgehead atoms. The van der Waals surface area contributed by atoms with Crippen molar-refractivity contribution in [2.24, 2.45) is 5.10 Å². The van der Waals surface area contributed by atoms with Crippen molar-refractivity contribution in [3.8, 4) is 0 Å². The maximum atomic E-state index is 13.5. The number of hydrogen-bond donors (Lipinski definition) is 2. The van der Waals surface area contributed by atoms with E-state index in [0.29, 0.717) is 16.4 Å². The fourth-order valence-electron chi connectivity index (χ4n) is 1.79. The summed E-state index contributed by atoms with van der Waals surface area (Å²) in [5.74, 6) is -0.344. The van der Waals surface area contributed by atoms with Gasteiger partial charge in [-0.15, -0.1) is 0 Å². The molecule has 0 aliphatic rings. The molecule has 0 spiro atoms. The highest BCUT2D eigenvalue weighted by Crippen LogP contribution is 2.21. The van der Waals surface area contributed by atoms with Gasteiger partial charge in [0, 0.05) is 23.3 Å². The lowest BCUT2D eigenvalue weighted by Gasteiger charge is -2.10. The van der Waals surface area contributed by atoms with Crippen LogP contribution in [-0.4, -0.2) is 12.8 Å². The SMILES string of the molecule is CNc1ccc(Cl)cc1/C(C)=N\Nc1ccccc1F. The summed E-state index contributed by atoms with van der Waals surface area (Å²) in [5, 5.41) is 7.90. The molecule has 0 aliphatic heterocycles. The lowest BCUT2D eigenvalue weighted by molar-refractivity contribution is 0.630. The van der Waals surface area contributed by atoms with Gasteiger partial charge >= 0.3 is 0 Å². The third-order valence-electron chi connectivity index (χ3n) is 2.86. The summed E-state index contributed by atoms with van der Waals surface area (Å²) in [4.78, 5) is 0. The molecule has 0 saturated heterocycles. The van der Waals surface area contributed by atoms with Crippen LogP contribution in [0.4, 0.5) is 15.8 Å². The fourth-order valence-corrected chi connectivity index (χ4v) is 1.96. The average Bonchev–Trinajstić information content (AvgIpc) is 2.46. The molecule has 2 rings (SSSR count). The Bertz CT molecular complexity index is 641. The van der Waals surface area contributed by atoms with Crippen LogP contribution in [0.15, 0.2) is 47.6 Å². The van der Waals surface area contributed by atoms with Gasteiger partial charge in [0.15, 0.2) is 0 Å². The second-order valence-electron chi connectivity index (χ2n) is 4.23. The van der Waals surface area contributed by atoms with E-state index in [1.807, 2.05) is 26.1 Å². The Morgan fingerprint density at radius 2 is 1.90 bits per heavy atom. The molecule has 2 aromatic carbocycles. The van der Waals surface area contributed by atoms with Crippen LogP contribution in [0.25, 0.3) is 0 Å². The Balaban J connectivity index is 2.27. The minimum absolute atomic E-state index is 0.333. The predicted molar refractivity (Wildman–Crippen MR) is 83.2 cm³/mol. The van der Waals surface area contributed by atoms with Crippen LogP contribution < -0.4 is 10.7 Å². The van der Waals surface area contributed by atoms with Crippen molar-refractivity contribution in [3.05, 3.63) is 58.9 Å². The lowest BCUT2D eigenvalue weighted by Crippen LogP contribution is -2.04. The molecule has 0 unspecified atom stereocenters. The van der Waals surface area contributed by atoms with Crippen LogP contribution in [-0.2, 0) is 0 Å². The monoisotopic (exact) mass is 291 g/mol. The Kier molecular flexibility index (Phi) is 4.58. The highest BCUT2D eigenvalue weighted by atomic mass is 35.5. The van der Waals surface area contributed by atoms with Gasteiger partial charge in [0.25, 0.3) is 0 Å². The van der Waals surface area contributed by atoms with E-state index in [9.17, 15) is 4.39 Å². The predicted octanol–water partition coefficient (Wildman–Crippen LogP) is 4.36. The van der Waals surface area contributed by atoms with E-state index in [1.165, 1.54) is 6.07 Å². The van der Waals surface area contributed by atoms with Gasteiger partial charge in [0.2, 0.25) is 0 Å². The summed E-state index contributed by atoms with van der Waals surface area (Å²) in [6.45, 7) is 1.83. The average molecular weight is 292 g/mol. The lowest BCUT2D eigenvalue weighted by atomic mass is 10.1. The molecule has 20 heavy (non-hydrogen) atoms. The first-order chi connectivity index (χ1) is 9.61. The van der Waals surface area contributed by atoms with E-state index >= 15 is 0 Å². The number of benzene rings is 2. The summed E-state index contributed by atoms with van der Waals surface area (Å²) in [6, 6.07) is 11.9. The summed E-state index contributed by atoms with van der Waals surface area (Å²) in [6.07, 6.45) is 0. The second kappa shape index (κ2) is 6.39. The summed E-state index contributed by atoms with van der Waals surface area (Å²) in [5.41, 5.74) is 5.54. The highest BCUT2D eigenvalue weighted by Gasteiger charge is 2.06. The minimum Gasteiger partial charge on any atom is -0.388 e. The van der Waals surface area contributed by atoms with Crippen LogP contribution in [0.3, 0.4) is 0 Å². The molecule has 0 fully saturated rings. The number of hydrazone groups is 1. The number of anilines is 2. The molecule has 2 aromatic rings. The van der Waals surface area contributed by atoms with Crippen molar-refractivity contribution in [1.29, 1.82) is 0 Å². The first-order valence-corrected chi connectivity index (χ1v) is 6.52. The van der Waals surface area contributed by atoms with Crippen molar-refractivity contribution in [2.45, 2.75) is 6.92 Å². The van der Waals surface area contributed by atoms with Crippen molar-refractivity contribution >= 4 is 28.7 Å². The molecule has 5 heteroatoms. The molecular formula is C15H15ClFN3. The largest absolute Gasteiger partial charge is 0.388 e. The molecule has 0 aromatic heterocycles. The van der Waals surface area contributed by atoms with Crippen LogP contribution in [0.5, 0.6) is 0 Å². The second-order valence-corrected chi connectivity index (χ2v) is 4.67. The van der Waals surface area contributed by atoms with E-state index < -0.39 is 0 Å². The fraction of sp³-hybridized carbons (Fsp3) is 0.133. The molecule has 0 saturated carbocycles. The Morgan fingerprint density at radius 1 is 1.15 bits per heavy atom. The zero-order valence-corrected chi connectivity index (χ0v) is 12.0. The first-order valence-electron chi connectivity index (χ1n) is 6.14. The van der Waals surface area contributed by atoms with Gasteiger partial charge in [-0.25, -0.2) is 4.39 Å². The number of halogens is 2. The molecular weight excluding hydrogens is 277 g/mol. The summed E-state index contributed by atoms with van der Waals surface area (Å²) in [7, 11) is 1.82. The summed E-state index contributed by atoms with van der Waals surface area (Å²) >= 11 is 6.00. The number of nitrogens with one attached hydrogen (secondary N) is 2. The minimum atomic E-state index is -0.344. The van der Waals surface area contributed by atoms with E-state index in [2.05, 4.69) is 15.8 Å². The van der Waals surface area contributed by atoms with Gasteiger partial charge in [-0.2, -0.15) is 5.10 Å². The van der Waals surface area contributed by atoms with Gasteiger partial charge in [0.05, 0.1) is 11.4 Å². The first kappa shape index (κ1) is 14.3. The Hall–Kier alpha value is -2.07. The van der Waals surface area contributed by atoms with E-state index in [1.54, 1.807) is 24.3 Å². The van der Waals surface area contributed by atoms with E-state index in [0.717, 1.165) is 11.3 Å². The van der Waals surface area contributed by atoms with Crippen molar-refractivity contribution in [3.63, 3.8) is 0 Å². The van der Waals surface area contributed by atoms with Crippen molar-refractivity contribution in [2.75, 3.05) is 17.8 Å². The molecule has 0 atom stereocenters. The quantitative estimate of drug-likeness (QED) is 0.649. The molecule has 0 heterocycles. The standard InChI is InChI=1S/C15H15ClFN3/c1-10(12-9-11(16)7-8-14(12)18-2)19-20-15-6-4-3-5-13(15)17/h3-9,18,20H,1-2H3/b19-10-. The zero-order valence-electron chi connectivity index (χ0n) is 11.2. The zero-order chi connectivity index (χ0) is 14.5. The molecule has 3 nitrogen and oxygen atoms in total. The van der Waals surface area contributed by atoms with Crippen LogP contribution in [0.1, 0.15) is 12.5 Å². The maximum Gasteiger partial charge on any atom is 0.148 e. The maximum absolute atomic E-state index is 13.5. The molecule has 0 amide bonds. The van der Waals surface area contributed by atoms with Crippen LogP contribution >= 0.6 is 11.6 Å². The van der Waals surface area contributed by atoms with Crippen molar-refractivity contribution in [1.82, 2.24) is 0 Å². The molecule has 2 N–H and O–H groups in total. The molecule has 0 aliphatic carbocycles. The van der Waals surface area contributed by atoms with Gasteiger partial charge in [-0.05, 0) is 37.3 Å². The van der Waals surface area contributed by atoms with Gasteiger partial charge in [-0.1, -0.05) is 23.7 Å². The molecule has 104 valence electrons. The smallest absolute Gasteiger partial charge is 0.148 e. The van der Waals surface area contributed by atoms with Crippen molar-refractivity contribution < 1.29 is 4.39 Å². The Labute approximate surface area is 122 Å².